The maximum absolute atomic E-state index is 12.3. The first-order chi connectivity index (χ1) is 10.5. The monoisotopic (exact) mass is 316 g/mol. The van der Waals surface area contributed by atoms with Gasteiger partial charge in [-0.2, -0.15) is 0 Å². The van der Waals surface area contributed by atoms with Crippen molar-refractivity contribution in [2.45, 2.75) is 20.3 Å². The topological polar surface area (TPSA) is 58.2 Å². The summed E-state index contributed by atoms with van der Waals surface area (Å²) >= 11 is 6.10. The number of carbonyl (C=O) groups is 2. The van der Waals surface area contributed by atoms with Crippen LogP contribution in [0.3, 0.4) is 0 Å². The van der Waals surface area contributed by atoms with E-state index >= 15 is 0 Å². The summed E-state index contributed by atoms with van der Waals surface area (Å²) < 4.78 is 0. The van der Waals surface area contributed by atoms with Gasteiger partial charge in [-0.3, -0.25) is 9.59 Å². The lowest BCUT2D eigenvalue weighted by atomic mass is 10.1. The molecule has 0 atom stereocenters. The maximum atomic E-state index is 12.3. The highest BCUT2D eigenvalue weighted by molar-refractivity contribution is 6.34. The van der Waals surface area contributed by atoms with Gasteiger partial charge in [0.2, 0.25) is 5.91 Å². The smallest absolute Gasteiger partial charge is 0.255 e. The van der Waals surface area contributed by atoms with Crippen LogP contribution in [0, 0.1) is 6.92 Å². The van der Waals surface area contributed by atoms with Crippen LogP contribution in [-0.2, 0) is 4.79 Å². The quantitative estimate of drug-likeness (QED) is 0.886. The summed E-state index contributed by atoms with van der Waals surface area (Å²) in [6.45, 7) is 3.69. The molecule has 0 spiro atoms. The second kappa shape index (κ2) is 7.09. The number of rotatable bonds is 4. The first-order valence-electron chi connectivity index (χ1n) is 6.97. The van der Waals surface area contributed by atoms with Gasteiger partial charge >= 0.3 is 0 Å². The second-order valence-corrected chi connectivity index (χ2v) is 5.33. The Morgan fingerprint density at radius 1 is 1.09 bits per heavy atom. The van der Waals surface area contributed by atoms with Crippen LogP contribution in [0.25, 0.3) is 0 Å². The number of anilines is 2. The van der Waals surface area contributed by atoms with E-state index in [0.717, 1.165) is 5.56 Å². The van der Waals surface area contributed by atoms with Crippen molar-refractivity contribution in [3.05, 3.63) is 58.6 Å². The van der Waals surface area contributed by atoms with Crippen LogP contribution >= 0.6 is 11.6 Å². The zero-order chi connectivity index (χ0) is 16.1. The molecule has 2 rings (SSSR count). The van der Waals surface area contributed by atoms with E-state index in [2.05, 4.69) is 10.6 Å². The Labute approximate surface area is 134 Å². The number of nitrogens with one attached hydrogen (secondary N) is 2. The van der Waals surface area contributed by atoms with E-state index in [1.54, 1.807) is 37.3 Å². The summed E-state index contributed by atoms with van der Waals surface area (Å²) in [6.07, 6.45) is 0.383. The lowest BCUT2D eigenvalue weighted by molar-refractivity contribution is -0.115. The molecule has 0 saturated heterocycles. The van der Waals surface area contributed by atoms with Crippen molar-refractivity contribution in [2.24, 2.45) is 0 Å². The first kappa shape index (κ1) is 16.0. The minimum Gasteiger partial charge on any atom is -0.326 e. The normalized spacial score (nSPS) is 10.1. The summed E-state index contributed by atoms with van der Waals surface area (Å²) in [7, 11) is 0. The number of amides is 2. The number of carbonyl (C=O) groups excluding carboxylic acids is 2. The van der Waals surface area contributed by atoms with E-state index in [1.807, 2.05) is 19.1 Å². The van der Waals surface area contributed by atoms with Gasteiger partial charge in [-0.15, -0.1) is 0 Å². The standard InChI is InChI=1S/C17H17ClN2O2/c1-3-16(21)19-13-7-8-14(18)15(10-13)20-17(22)12-6-4-5-11(2)9-12/h4-10H,3H2,1-2H3,(H,19,21)(H,20,22). The molecule has 4 nitrogen and oxygen atoms in total. The third kappa shape index (κ3) is 4.09. The van der Waals surface area contributed by atoms with Gasteiger partial charge in [-0.05, 0) is 37.3 Å². The lowest BCUT2D eigenvalue weighted by Gasteiger charge is -2.10. The van der Waals surface area contributed by atoms with Crippen molar-refractivity contribution >= 4 is 34.8 Å². The van der Waals surface area contributed by atoms with Crippen molar-refractivity contribution in [3.63, 3.8) is 0 Å². The number of benzene rings is 2. The summed E-state index contributed by atoms with van der Waals surface area (Å²) in [5, 5.41) is 5.91. The molecule has 2 amide bonds. The molecular weight excluding hydrogens is 300 g/mol. The van der Waals surface area contributed by atoms with Gasteiger partial charge in [-0.1, -0.05) is 36.2 Å². The van der Waals surface area contributed by atoms with Gasteiger partial charge in [0.15, 0.2) is 0 Å². The fourth-order valence-corrected chi connectivity index (χ4v) is 2.09. The van der Waals surface area contributed by atoms with E-state index in [1.165, 1.54) is 0 Å². The van der Waals surface area contributed by atoms with E-state index in [9.17, 15) is 9.59 Å². The maximum Gasteiger partial charge on any atom is 0.255 e. The Morgan fingerprint density at radius 2 is 1.86 bits per heavy atom. The fraction of sp³-hybridized carbons (Fsp3) is 0.176. The Balaban J connectivity index is 2.19. The molecule has 0 radical (unpaired) electrons. The number of hydrogen-bond acceptors (Lipinski definition) is 2. The highest BCUT2D eigenvalue weighted by Crippen LogP contribution is 2.26. The SMILES string of the molecule is CCC(=O)Nc1ccc(Cl)c(NC(=O)c2cccc(C)c2)c1. The van der Waals surface area contributed by atoms with Crippen LogP contribution < -0.4 is 10.6 Å². The van der Waals surface area contributed by atoms with Crippen molar-refractivity contribution in [3.8, 4) is 0 Å². The molecule has 0 aliphatic carbocycles. The Kier molecular flexibility index (Phi) is 5.17. The number of halogens is 1. The molecule has 0 aliphatic rings. The molecule has 114 valence electrons. The van der Waals surface area contributed by atoms with Crippen molar-refractivity contribution in [1.29, 1.82) is 0 Å². The molecule has 5 heteroatoms. The van der Waals surface area contributed by atoms with Gasteiger partial charge in [0.1, 0.15) is 0 Å². The van der Waals surface area contributed by atoms with E-state index in [0.29, 0.717) is 28.4 Å². The fourth-order valence-electron chi connectivity index (χ4n) is 1.93. The molecule has 2 aromatic carbocycles. The molecule has 2 aromatic rings. The van der Waals surface area contributed by atoms with Crippen molar-refractivity contribution in [2.75, 3.05) is 10.6 Å². The molecule has 0 saturated carbocycles. The van der Waals surface area contributed by atoms with Gasteiger partial charge < -0.3 is 10.6 Å². The molecule has 0 unspecified atom stereocenters. The van der Waals surface area contributed by atoms with Crippen LogP contribution in [0.5, 0.6) is 0 Å². The Morgan fingerprint density at radius 3 is 2.55 bits per heavy atom. The first-order valence-corrected chi connectivity index (χ1v) is 7.35. The molecule has 0 aliphatic heterocycles. The molecule has 0 fully saturated rings. The molecule has 0 aromatic heterocycles. The summed E-state index contributed by atoms with van der Waals surface area (Å²) in [5.74, 6) is -0.345. The van der Waals surface area contributed by atoms with Gasteiger partial charge in [0.05, 0.1) is 10.7 Å². The van der Waals surface area contributed by atoms with Gasteiger partial charge in [-0.25, -0.2) is 0 Å². The number of aryl methyl sites for hydroxylation is 1. The molecule has 0 bridgehead atoms. The molecule has 0 heterocycles. The highest BCUT2D eigenvalue weighted by Gasteiger charge is 2.10. The van der Waals surface area contributed by atoms with Crippen LogP contribution in [0.15, 0.2) is 42.5 Å². The van der Waals surface area contributed by atoms with E-state index < -0.39 is 0 Å². The predicted molar refractivity (Wildman–Crippen MR) is 89.5 cm³/mol. The third-order valence-corrected chi connectivity index (χ3v) is 3.43. The second-order valence-electron chi connectivity index (χ2n) is 4.92. The summed E-state index contributed by atoms with van der Waals surface area (Å²) in [4.78, 5) is 23.7. The zero-order valence-electron chi connectivity index (χ0n) is 12.4. The molecule has 2 N–H and O–H groups in total. The Bertz CT molecular complexity index is 714. The minimum atomic E-state index is -0.246. The predicted octanol–water partition coefficient (Wildman–Crippen LogP) is 4.25. The lowest BCUT2D eigenvalue weighted by Crippen LogP contribution is -2.13. The van der Waals surface area contributed by atoms with E-state index in [-0.39, 0.29) is 11.8 Å². The van der Waals surface area contributed by atoms with Crippen LogP contribution in [-0.4, -0.2) is 11.8 Å². The Hall–Kier alpha value is -2.33. The number of hydrogen-bond donors (Lipinski definition) is 2. The molecular formula is C17H17ClN2O2. The minimum absolute atomic E-state index is 0.0988. The van der Waals surface area contributed by atoms with Gasteiger partial charge in [0.25, 0.3) is 5.91 Å². The van der Waals surface area contributed by atoms with Crippen LogP contribution in [0.2, 0.25) is 5.02 Å². The molecule has 22 heavy (non-hydrogen) atoms. The summed E-state index contributed by atoms with van der Waals surface area (Å²) in [6, 6.07) is 12.2. The average molecular weight is 317 g/mol. The zero-order valence-corrected chi connectivity index (χ0v) is 13.2. The largest absolute Gasteiger partial charge is 0.326 e. The van der Waals surface area contributed by atoms with Crippen molar-refractivity contribution < 1.29 is 9.59 Å². The third-order valence-electron chi connectivity index (χ3n) is 3.10. The van der Waals surface area contributed by atoms with E-state index in [4.69, 9.17) is 11.6 Å². The van der Waals surface area contributed by atoms with Crippen molar-refractivity contribution in [1.82, 2.24) is 0 Å². The summed E-state index contributed by atoms with van der Waals surface area (Å²) in [5.41, 5.74) is 2.61. The van der Waals surface area contributed by atoms with Gasteiger partial charge in [0, 0.05) is 17.7 Å². The average Bonchev–Trinajstić information content (AvgIpc) is 2.50. The van der Waals surface area contributed by atoms with Crippen LogP contribution in [0.1, 0.15) is 29.3 Å². The van der Waals surface area contributed by atoms with Crippen LogP contribution in [0.4, 0.5) is 11.4 Å². The highest BCUT2D eigenvalue weighted by atomic mass is 35.5.